The van der Waals surface area contributed by atoms with Crippen LogP contribution in [0, 0.1) is 22.7 Å². The lowest BCUT2D eigenvalue weighted by atomic mass is 9.41. The van der Waals surface area contributed by atoms with Gasteiger partial charge in [-0.05, 0) is 81.7 Å². The first kappa shape index (κ1) is 78.6. The largest absolute Gasteiger partial charge is 0.507 e. The summed E-state index contributed by atoms with van der Waals surface area (Å²) in [6, 6.07) is 24.8. The van der Waals surface area contributed by atoms with Crippen LogP contribution in [0.25, 0.3) is 0 Å². The highest BCUT2D eigenvalue weighted by atomic mass is 16.7. The van der Waals surface area contributed by atoms with Gasteiger partial charge >= 0.3 is 23.9 Å². The van der Waals surface area contributed by atoms with Crippen LogP contribution in [-0.4, -0.2) is 192 Å². The molecule has 578 valence electrons. The summed E-state index contributed by atoms with van der Waals surface area (Å²) in [6.07, 6.45) is -17.3. The minimum atomic E-state index is -2.57. The molecule has 17 atom stereocenters. The number of hydrogen-bond acceptors (Lipinski definition) is 27. The summed E-state index contributed by atoms with van der Waals surface area (Å²) in [6.45, 7) is 9.92. The number of phenolic OH excluding ortho intramolecular Hbond substituents is 2. The van der Waals surface area contributed by atoms with Crippen LogP contribution in [0.2, 0.25) is 0 Å². The lowest BCUT2D eigenvalue weighted by Gasteiger charge is -2.70. The number of carbonyl (C=O) groups excluding carboxylic acids is 10. The van der Waals surface area contributed by atoms with E-state index in [-0.39, 0.29) is 68.7 Å². The number of methoxy groups -OCH3 is 1. The number of nitrogens with two attached hydrogens (primary N) is 1. The first-order valence-corrected chi connectivity index (χ1v) is 35.9. The highest BCUT2D eigenvalue weighted by molar-refractivity contribution is 6.31. The molecule has 4 fully saturated rings. The SMILES string of the molecule is COc1cccc2c1C(=O)c1c(O)c3c(c(O)c1C2=O)C[C@](O)(/C(CO)=N/NC(=O)CCC(=O)OC(C(=O)OC1C[C@]2(O)[C@@H](OC(=O)c4ccccc4)[C@H]4[C@@](C)(C(=O)C(CC(C)=O)C(=C1C)C2(C)C)[C@H](O)C[C@@]1(C)OC[C@@]41OC(C)=O)C(NC(=O)c1ccccc1)c1ccccc1)C[C@H]3O[C@@H]1C[C@H](N)[C@H](O)[C@H](C)O1. The molecule has 0 aromatic heterocycles. The Morgan fingerprint density at radius 2 is 1.41 bits per heavy atom. The maximum Gasteiger partial charge on any atom is 0.350 e. The monoisotopic (exact) mass is 1500 g/mol. The van der Waals surface area contributed by atoms with Crippen LogP contribution in [-0.2, 0) is 68.3 Å². The highest BCUT2D eigenvalue weighted by Gasteiger charge is 2.81. The number of nitrogens with zero attached hydrogens (tertiary/aromatic N) is 1. The summed E-state index contributed by atoms with van der Waals surface area (Å²) >= 11 is 0. The van der Waals surface area contributed by atoms with Crippen LogP contribution in [0.5, 0.6) is 17.2 Å². The zero-order chi connectivity index (χ0) is 78.9. The Kier molecular flexibility index (Phi) is 21.5. The molecular formula is C80H88N4O25. The van der Waals surface area contributed by atoms with Gasteiger partial charge in [-0.25, -0.2) is 15.0 Å². The van der Waals surface area contributed by atoms with E-state index in [1.54, 1.807) is 75.4 Å². The van der Waals surface area contributed by atoms with Crippen molar-refractivity contribution in [2.75, 3.05) is 20.3 Å². The number of fused-ring (bicyclic) bond motifs is 8. The molecule has 5 aliphatic carbocycles. The topological polar surface area (TPSA) is 449 Å². The van der Waals surface area contributed by atoms with Crippen molar-refractivity contribution in [3.8, 4) is 17.2 Å². The second-order valence-corrected chi connectivity index (χ2v) is 30.2. The van der Waals surface area contributed by atoms with Crippen molar-refractivity contribution >= 4 is 64.5 Å². The second-order valence-electron chi connectivity index (χ2n) is 30.2. The molecule has 29 nitrogen and oxygen atoms in total. The maximum atomic E-state index is 16.3. The number of phenols is 2. The lowest BCUT2D eigenvalue weighted by Crippen LogP contribution is -2.85. The van der Waals surface area contributed by atoms with E-state index in [2.05, 4.69) is 15.8 Å². The summed E-state index contributed by atoms with van der Waals surface area (Å²) < 4.78 is 49.4. The fourth-order valence-electron chi connectivity index (χ4n) is 17.6. The van der Waals surface area contributed by atoms with Crippen LogP contribution in [0.15, 0.2) is 125 Å². The van der Waals surface area contributed by atoms with Gasteiger partial charge in [-0.2, -0.15) is 5.10 Å². The molecule has 0 radical (unpaired) electrons. The van der Waals surface area contributed by atoms with Gasteiger partial charge in [0.1, 0.15) is 63.9 Å². The Hall–Kier alpha value is -9.95. The van der Waals surface area contributed by atoms with E-state index in [1.807, 2.05) is 0 Å². The normalized spacial score (nSPS) is 30.6. The zero-order valence-electron chi connectivity index (χ0n) is 61.4. The average Bonchev–Trinajstić information content (AvgIpc) is 0.662. The number of rotatable bonds is 21. The van der Waals surface area contributed by atoms with Crippen molar-refractivity contribution < 1.29 is 122 Å². The van der Waals surface area contributed by atoms with Gasteiger partial charge in [-0.3, -0.25) is 38.4 Å². The summed E-state index contributed by atoms with van der Waals surface area (Å²) in [4.78, 5) is 146. The van der Waals surface area contributed by atoms with E-state index in [1.165, 1.54) is 89.4 Å². The van der Waals surface area contributed by atoms with Crippen molar-refractivity contribution in [1.82, 2.24) is 10.7 Å². The predicted octanol–water partition coefficient (Wildman–Crippen LogP) is 5.04. The molecule has 12 rings (SSSR count). The van der Waals surface area contributed by atoms with E-state index in [0.717, 1.165) is 6.92 Å². The van der Waals surface area contributed by atoms with Crippen molar-refractivity contribution in [3.63, 3.8) is 0 Å². The van der Waals surface area contributed by atoms with Crippen LogP contribution >= 0.6 is 0 Å². The third kappa shape index (κ3) is 13.6. The van der Waals surface area contributed by atoms with Gasteiger partial charge in [-0.1, -0.05) is 92.7 Å². The summed E-state index contributed by atoms with van der Waals surface area (Å²) in [7, 11) is 1.27. The summed E-state index contributed by atoms with van der Waals surface area (Å²) in [5.74, 6) is -14.4. The first-order chi connectivity index (χ1) is 51.5. The molecule has 2 saturated heterocycles. The first-order valence-electron chi connectivity index (χ1n) is 35.9. The Morgan fingerprint density at radius 3 is 2.02 bits per heavy atom. The zero-order valence-corrected chi connectivity index (χ0v) is 61.4. The van der Waals surface area contributed by atoms with E-state index >= 15 is 9.59 Å². The quantitative estimate of drug-likeness (QED) is 0.0113. The van der Waals surface area contributed by atoms with Gasteiger partial charge in [0.25, 0.3) is 5.91 Å². The number of aromatic hydroxyl groups is 2. The van der Waals surface area contributed by atoms with Gasteiger partial charge in [0.2, 0.25) is 17.8 Å². The molecule has 109 heavy (non-hydrogen) atoms. The minimum Gasteiger partial charge on any atom is -0.507 e. The number of nitrogens with one attached hydrogen (secondary N) is 2. The second kappa shape index (κ2) is 29.8. The van der Waals surface area contributed by atoms with Crippen LogP contribution in [0.4, 0.5) is 0 Å². The molecule has 5 aromatic carbocycles. The Morgan fingerprint density at radius 1 is 0.771 bits per heavy atom. The maximum absolute atomic E-state index is 16.3. The minimum absolute atomic E-state index is 0.00844. The van der Waals surface area contributed by atoms with Crippen molar-refractivity contribution in [2.24, 2.45) is 33.5 Å². The summed E-state index contributed by atoms with van der Waals surface area (Å²) in [5.41, 5.74) is -6.38. The molecule has 2 saturated carbocycles. The molecule has 2 amide bonds. The molecule has 11 N–H and O–H groups in total. The number of aliphatic hydroxyl groups excluding tert-OH is 3. The third-order valence-corrected chi connectivity index (χ3v) is 23.3. The number of hydrogen-bond donors (Lipinski definition) is 10. The Balaban J connectivity index is 0.883. The Labute approximate surface area is 626 Å². The van der Waals surface area contributed by atoms with Gasteiger partial charge in [-0.15, -0.1) is 0 Å². The number of hydrazone groups is 1. The van der Waals surface area contributed by atoms with Gasteiger partial charge in [0.15, 0.2) is 17.7 Å². The fourth-order valence-corrected chi connectivity index (χ4v) is 17.6. The van der Waals surface area contributed by atoms with Crippen LogP contribution in [0.3, 0.4) is 0 Å². The lowest BCUT2D eigenvalue weighted by molar-refractivity contribution is -0.383. The molecule has 7 aliphatic rings. The highest BCUT2D eigenvalue weighted by Crippen LogP contribution is 2.68. The number of ether oxygens (including phenoxy) is 8. The number of benzene rings is 5. The fraction of sp³-hybridized carbons (Fsp3) is 0.463. The number of ketones is 4. The number of Topliss-reactive ketones (excluding diaryl/α,β-unsaturated/α-hetero) is 2. The molecule has 2 heterocycles. The van der Waals surface area contributed by atoms with E-state index in [4.69, 9.17) is 43.6 Å². The number of amides is 2. The average molecular weight is 1510 g/mol. The Bertz CT molecular complexity index is 4570. The van der Waals surface area contributed by atoms with Crippen LogP contribution in [0.1, 0.15) is 182 Å². The van der Waals surface area contributed by atoms with Crippen molar-refractivity contribution in [3.05, 3.63) is 170 Å². The van der Waals surface area contributed by atoms with Crippen molar-refractivity contribution in [1.29, 1.82) is 0 Å². The van der Waals surface area contributed by atoms with E-state index < -0.39 is 245 Å². The third-order valence-electron chi connectivity index (χ3n) is 23.3. The molecule has 0 spiro atoms. The van der Waals surface area contributed by atoms with E-state index in [9.17, 15) is 74.1 Å². The van der Waals surface area contributed by atoms with Crippen molar-refractivity contribution in [2.45, 2.75) is 190 Å². The standard InChI is InChI=1S/C80H88N4O25/c1-38(86)30-46-61-39(2)50(34-79(101,75(61,5)6)71(108-73(98)44-24-17-12-18-25-44)69-77(8,70(46)96)53(88)35-76(7)80(69,37-103-76)109-41(4)87)106-74(99)68(62(42-20-13-10-14-21-42)82-72(97)43-22-15-11-16-23-43)107-55(90)29-28-54(89)84-83-52(36-85)78(100)32-47-58(51(33-78)105-56-31-48(81)63(91)40(3)104-56)67(95)60-59(65(47)93)64(92)45-26-19-27-49(102-9)57(45)66(60)94/h10-27,40,46,48,50-51,53,56,62-63,68-69,71,85,88,91,93,95,100-101H,28-37,81H2,1-9H3,(H,82,97)(H,84,89)/b83-52+/t40-,46?,48-,50?,51+,53+,56+,62?,63+,68?,69-,71-,76+,77-,78+,79-,80+/m0/s1. The number of esters is 4. The molecule has 5 aromatic rings. The molecule has 2 aliphatic heterocycles. The van der Waals surface area contributed by atoms with Gasteiger partial charge in [0, 0.05) is 91.5 Å². The van der Waals surface area contributed by atoms with E-state index in [0.29, 0.717) is 0 Å². The predicted molar refractivity (Wildman–Crippen MR) is 381 cm³/mol. The molecular weight excluding hydrogens is 1420 g/mol. The molecule has 4 unspecified atom stereocenters. The summed E-state index contributed by atoms with van der Waals surface area (Å²) in [5, 5.41) is 92.7. The van der Waals surface area contributed by atoms with Crippen LogP contribution < -0.4 is 21.2 Å². The molecule has 29 heteroatoms. The van der Waals surface area contributed by atoms with Gasteiger partial charge in [0.05, 0.1) is 90.5 Å². The molecule has 2 bridgehead atoms. The number of aliphatic hydroxyl groups is 5. The smallest absolute Gasteiger partial charge is 0.350 e. The van der Waals surface area contributed by atoms with Gasteiger partial charge < -0.3 is 84.7 Å². The number of carbonyl (C=O) groups is 10.